The summed E-state index contributed by atoms with van der Waals surface area (Å²) in [5.74, 6) is 0.00717. The Morgan fingerprint density at radius 3 is 2.56 bits per heavy atom. The fourth-order valence-corrected chi connectivity index (χ4v) is 3.23. The zero-order valence-electron chi connectivity index (χ0n) is 9.40. The molecule has 0 aliphatic rings. The second-order valence-corrected chi connectivity index (χ2v) is 6.27. The average molecular weight is 266 g/mol. The monoisotopic (exact) mass is 265 g/mol. The lowest BCUT2D eigenvalue weighted by molar-refractivity contribution is 0.589. The fraction of sp³-hybridized carbons (Fsp3) is 0.667. The molecule has 92 valence electrons. The van der Waals surface area contributed by atoms with Gasteiger partial charge in [-0.2, -0.15) is 5.10 Å². The zero-order valence-corrected chi connectivity index (χ0v) is 11.0. The first-order valence-electron chi connectivity index (χ1n) is 4.96. The third kappa shape index (κ3) is 3.20. The van der Waals surface area contributed by atoms with Crippen molar-refractivity contribution in [1.29, 1.82) is 0 Å². The zero-order chi connectivity index (χ0) is 12.3. The van der Waals surface area contributed by atoms with Crippen molar-refractivity contribution in [2.75, 3.05) is 12.3 Å². The highest BCUT2D eigenvalue weighted by Crippen LogP contribution is 2.21. The van der Waals surface area contributed by atoms with Crippen LogP contribution in [0.4, 0.5) is 0 Å². The summed E-state index contributed by atoms with van der Waals surface area (Å²) >= 11 is 5.98. The molecule has 1 aromatic heterocycles. The fourth-order valence-electron chi connectivity index (χ4n) is 1.42. The van der Waals surface area contributed by atoms with Crippen LogP contribution in [0.15, 0.2) is 0 Å². The van der Waals surface area contributed by atoms with Crippen molar-refractivity contribution in [3.63, 3.8) is 0 Å². The average Bonchev–Trinajstić information content (AvgIpc) is 2.42. The third-order valence-corrected chi connectivity index (χ3v) is 4.39. The van der Waals surface area contributed by atoms with Crippen molar-refractivity contribution >= 4 is 21.4 Å². The maximum absolute atomic E-state index is 11.7. The SMILES string of the molecule is Cc1nn(C)c(CS(=O)(=O)CCCN)c1Cl. The lowest BCUT2D eigenvalue weighted by Crippen LogP contribution is -2.15. The summed E-state index contributed by atoms with van der Waals surface area (Å²) < 4.78 is 24.9. The summed E-state index contributed by atoms with van der Waals surface area (Å²) in [6.07, 6.45) is 0.469. The maximum atomic E-state index is 11.7. The largest absolute Gasteiger partial charge is 0.330 e. The predicted octanol–water partition coefficient (Wildman–Crippen LogP) is 0.646. The molecule has 0 spiro atoms. The Kier molecular flexibility index (Phi) is 4.35. The first-order valence-corrected chi connectivity index (χ1v) is 7.16. The Hall–Kier alpha value is -0.590. The van der Waals surface area contributed by atoms with Crippen molar-refractivity contribution < 1.29 is 8.42 Å². The molecule has 0 fully saturated rings. The van der Waals surface area contributed by atoms with Gasteiger partial charge in [-0.15, -0.1) is 0 Å². The topological polar surface area (TPSA) is 78.0 Å². The van der Waals surface area contributed by atoms with Crippen LogP contribution in [0.3, 0.4) is 0 Å². The maximum Gasteiger partial charge on any atom is 0.156 e. The number of nitrogens with two attached hydrogens (primary N) is 1. The van der Waals surface area contributed by atoms with E-state index in [1.165, 1.54) is 4.68 Å². The molecule has 0 radical (unpaired) electrons. The molecule has 1 aromatic rings. The van der Waals surface area contributed by atoms with Crippen molar-refractivity contribution in [3.8, 4) is 0 Å². The molecule has 0 saturated carbocycles. The number of hydrogen-bond donors (Lipinski definition) is 1. The Balaban J connectivity index is 2.88. The van der Waals surface area contributed by atoms with E-state index in [-0.39, 0.29) is 11.5 Å². The summed E-state index contributed by atoms with van der Waals surface area (Å²) in [5.41, 5.74) is 6.47. The quantitative estimate of drug-likeness (QED) is 0.848. The third-order valence-electron chi connectivity index (χ3n) is 2.28. The minimum absolute atomic E-state index is 0.0802. The molecule has 0 bridgehead atoms. The molecule has 0 unspecified atom stereocenters. The molecule has 0 amide bonds. The van der Waals surface area contributed by atoms with Gasteiger partial charge in [-0.05, 0) is 19.9 Å². The summed E-state index contributed by atoms with van der Waals surface area (Å²) in [6, 6.07) is 0. The Morgan fingerprint density at radius 2 is 2.12 bits per heavy atom. The minimum Gasteiger partial charge on any atom is -0.330 e. The molecule has 0 aliphatic heterocycles. The van der Waals surface area contributed by atoms with Crippen LogP contribution < -0.4 is 5.73 Å². The van der Waals surface area contributed by atoms with Crippen LogP contribution >= 0.6 is 11.6 Å². The van der Waals surface area contributed by atoms with Gasteiger partial charge >= 0.3 is 0 Å². The summed E-state index contributed by atoms with van der Waals surface area (Å²) in [6.45, 7) is 2.12. The molecule has 1 heterocycles. The number of aromatic nitrogens is 2. The van der Waals surface area contributed by atoms with Gasteiger partial charge in [0.05, 0.1) is 27.9 Å². The van der Waals surface area contributed by atoms with E-state index in [0.29, 0.717) is 29.4 Å². The molecule has 2 N–H and O–H groups in total. The number of hydrogen-bond acceptors (Lipinski definition) is 4. The molecule has 0 aliphatic carbocycles. The van der Waals surface area contributed by atoms with E-state index in [4.69, 9.17) is 17.3 Å². The Bertz CT molecular complexity index is 467. The Labute approximate surface area is 100 Å². The first kappa shape index (κ1) is 13.5. The van der Waals surface area contributed by atoms with Crippen LogP contribution in [0.2, 0.25) is 5.02 Å². The van der Waals surface area contributed by atoms with Gasteiger partial charge in [0, 0.05) is 7.05 Å². The van der Waals surface area contributed by atoms with Gasteiger partial charge in [-0.3, -0.25) is 4.68 Å². The van der Waals surface area contributed by atoms with Crippen LogP contribution in [0.1, 0.15) is 17.8 Å². The van der Waals surface area contributed by atoms with E-state index in [2.05, 4.69) is 5.10 Å². The van der Waals surface area contributed by atoms with Gasteiger partial charge < -0.3 is 5.73 Å². The molecule has 0 aromatic carbocycles. The number of rotatable bonds is 5. The normalized spacial score (nSPS) is 12.0. The van der Waals surface area contributed by atoms with Crippen molar-refractivity contribution in [3.05, 3.63) is 16.4 Å². The molecule has 7 heteroatoms. The van der Waals surface area contributed by atoms with Gasteiger partial charge in [0.2, 0.25) is 0 Å². The van der Waals surface area contributed by atoms with Gasteiger partial charge in [0.1, 0.15) is 0 Å². The molecular weight excluding hydrogens is 250 g/mol. The second-order valence-electron chi connectivity index (χ2n) is 3.70. The number of sulfone groups is 1. The lowest BCUT2D eigenvalue weighted by Gasteiger charge is -2.04. The van der Waals surface area contributed by atoms with Crippen molar-refractivity contribution in [1.82, 2.24) is 9.78 Å². The molecule has 1 rings (SSSR count). The number of halogens is 1. The predicted molar refractivity (Wildman–Crippen MR) is 64.1 cm³/mol. The van der Waals surface area contributed by atoms with Crippen LogP contribution in [-0.4, -0.2) is 30.5 Å². The molecule has 0 atom stereocenters. The highest BCUT2D eigenvalue weighted by molar-refractivity contribution is 7.90. The van der Waals surface area contributed by atoms with E-state index >= 15 is 0 Å². The lowest BCUT2D eigenvalue weighted by atomic mass is 10.4. The summed E-state index contributed by atoms with van der Waals surface area (Å²) in [7, 11) is -1.47. The highest BCUT2D eigenvalue weighted by atomic mass is 35.5. The van der Waals surface area contributed by atoms with Crippen LogP contribution in [0.5, 0.6) is 0 Å². The van der Waals surface area contributed by atoms with Gasteiger partial charge in [-0.25, -0.2) is 8.42 Å². The summed E-state index contributed by atoms with van der Waals surface area (Å²) in [4.78, 5) is 0. The van der Waals surface area contributed by atoms with Gasteiger partial charge in [0.15, 0.2) is 9.84 Å². The van der Waals surface area contributed by atoms with Crippen LogP contribution in [-0.2, 0) is 22.6 Å². The molecule has 16 heavy (non-hydrogen) atoms. The second kappa shape index (κ2) is 5.16. The molecule has 5 nitrogen and oxygen atoms in total. The molecular formula is C9H16ClN3O2S. The van der Waals surface area contributed by atoms with Gasteiger partial charge in [0.25, 0.3) is 0 Å². The standard InChI is InChI=1S/C9H16ClN3O2S/c1-7-9(10)8(13(2)12-7)6-16(14,15)5-3-4-11/h3-6,11H2,1-2H3. The van der Waals surface area contributed by atoms with E-state index in [0.717, 1.165) is 0 Å². The number of nitrogens with zero attached hydrogens (tertiary/aromatic N) is 2. The van der Waals surface area contributed by atoms with E-state index in [9.17, 15) is 8.42 Å². The van der Waals surface area contributed by atoms with Crippen molar-refractivity contribution in [2.45, 2.75) is 19.1 Å². The van der Waals surface area contributed by atoms with E-state index in [1.807, 2.05) is 0 Å². The summed E-state index contributed by atoms with van der Waals surface area (Å²) in [5, 5.41) is 4.50. The van der Waals surface area contributed by atoms with E-state index in [1.54, 1.807) is 14.0 Å². The Morgan fingerprint density at radius 1 is 1.50 bits per heavy atom. The van der Waals surface area contributed by atoms with Crippen molar-refractivity contribution in [2.24, 2.45) is 12.8 Å². The molecule has 0 saturated heterocycles. The van der Waals surface area contributed by atoms with Crippen LogP contribution in [0.25, 0.3) is 0 Å². The highest BCUT2D eigenvalue weighted by Gasteiger charge is 2.18. The minimum atomic E-state index is -3.15. The number of aryl methyl sites for hydroxylation is 2. The van der Waals surface area contributed by atoms with Crippen LogP contribution in [0, 0.1) is 6.92 Å². The smallest absolute Gasteiger partial charge is 0.156 e. The van der Waals surface area contributed by atoms with Gasteiger partial charge in [-0.1, -0.05) is 11.6 Å². The van der Waals surface area contributed by atoms with E-state index < -0.39 is 9.84 Å². The first-order chi connectivity index (χ1) is 7.37.